The summed E-state index contributed by atoms with van der Waals surface area (Å²) in [5, 5.41) is 38.3. The van der Waals surface area contributed by atoms with E-state index in [2.05, 4.69) is 10.6 Å². The highest BCUT2D eigenvalue weighted by Crippen LogP contribution is 2.26. The number of nitro benzene ring substituents is 1. The van der Waals surface area contributed by atoms with E-state index in [0.29, 0.717) is 58.5 Å². The number of non-ortho nitro benzene ring substituents is 1. The number of hydroxylamine groups is 2. The van der Waals surface area contributed by atoms with Gasteiger partial charge < -0.3 is 63.5 Å². The molecule has 29 heteroatoms. The van der Waals surface area contributed by atoms with Gasteiger partial charge in [-0.05, 0) is 99.9 Å². The van der Waals surface area contributed by atoms with Crippen LogP contribution in [-0.4, -0.2) is 187 Å². The van der Waals surface area contributed by atoms with Crippen LogP contribution in [0.25, 0.3) is 0 Å². The van der Waals surface area contributed by atoms with Gasteiger partial charge in [0, 0.05) is 45.5 Å². The summed E-state index contributed by atoms with van der Waals surface area (Å²) < 4.78 is 102. The third-order valence-corrected chi connectivity index (χ3v) is 17.5. The van der Waals surface area contributed by atoms with Gasteiger partial charge in [0.05, 0.1) is 90.7 Å². The molecule has 0 bridgehead atoms. The number of ether oxygens (including phenoxy) is 9. The molecule has 0 aliphatic carbocycles. The van der Waals surface area contributed by atoms with E-state index in [9.17, 15) is 51.5 Å². The van der Waals surface area contributed by atoms with E-state index in [-0.39, 0.29) is 86.2 Å². The molecule has 4 heterocycles. The van der Waals surface area contributed by atoms with E-state index < -0.39 is 86.4 Å². The second-order valence-electron chi connectivity index (χ2n) is 21.6. The van der Waals surface area contributed by atoms with Crippen molar-refractivity contribution in [1.82, 2.24) is 19.6 Å². The van der Waals surface area contributed by atoms with E-state index in [1.54, 1.807) is 24.3 Å². The van der Waals surface area contributed by atoms with Gasteiger partial charge in [0.2, 0.25) is 5.91 Å². The molecule has 5 aromatic carbocycles. The quantitative estimate of drug-likeness (QED) is 0.0243. The summed E-state index contributed by atoms with van der Waals surface area (Å²) in [4.78, 5) is 57.8. The van der Waals surface area contributed by atoms with Gasteiger partial charge in [-0.25, -0.2) is 26.4 Å². The predicted molar refractivity (Wildman–Crippen MR) is 325 cm³/mol. The Kier molecular flexibility index (Phi) is 28.4. The minimum Gasteiger partial charge on any atom is -0.441 e. The summed E-state index contributed by atoms with van der Waals surface area (Å²) in [6.45, 7) is 7.41. The van der Waals surface area contributed by atoms with Crippen LogP contribution in [0.5, 0.6) is 5.75 Å². The number of nitro groups is 1. The first-order valence-corrected chi connectivity index (χ1v) is 32.4. The van der Waals surface area contributed by atoms with Crippen LogP contribution in [0, 0.1) is 24.0 Å². The van der Waals surface area contributed by atoms with Gasteiger partial charge in [-0.15, -0.1) is 0 Å². The maximum absolute atomic E-state index is 13.6. The molecule has 5 aromatic rings. The highest BCUT2D eigenvalue weighted by atomic mass is 32.2. The molecule has 4 saturated heterocycles. The summed E-state index contributed by atoms with van der Waals surface area (Å²) >= 11 is 0. The highest BCUT2D eigenvalue weighted by molar-refractivity contribution is 7.89. The van der Waals surface area contributed by atoms with E-state index >= 15 is 0 Å². The lowest BCUT2D eigenvalue weighted by molar-refractivity contribution is -0.384. The fourth-order valence-corrected chi connectivity index (χ4v) is 12.0. The number of hydrogen-bond donors (Lipinski definition) is 4. The number of carbonyl (C=O) groups is 3. The van der Waals surface area contributed by atoms with Crippen molar-refractivity contribution >= 4 is 43.9 Å². The van der Waals surface area contributed by atoms with Crippen LogP contribution in [0.1, 0.15) is 54.9 Å². The maximum atomic E-state index is 13.6. The Hall–Kier alpha value is -7.07. The summed E-state index contributed by atoms with van der Waals surface area (Å²) in [7, 11) is -8.19. The molecule has 0 spiro atoms. The Morgan fingerprint density at radius 2 is 0.956 bits per heavy atom. The Labute approximate surface area is 528 Å². The number of hydrogen-bond acceptors (Lipinski definition) is 22. The number of sulfonamides is 2. The fraction of sp³-hybridized carbons (Fsp3) is 0.468. The molecule has 0 aromatic heterocycles. The minimum atomic E-state index is -4.14. The average Bonchev–Trinajstić information content (AvgIpc) is 2.20. The van der Waals surface area contributed by atoms with Gasteiger partial charge in [0.25, 0.3) is 25.7 Å². The Bertz CT molecular complexity index is 3240. The fourth-order valence-electron chi connectivity index (χ4n) is 9.37. The molecule has 0 saturated carbocycles. The average molecular weight is 1310 g/mol. The van der Waals surface area contributed by atoms with Crippen molar-refractivity contribution in [2.24, 2.45) is 0 Å². The molecule has 91 heavy (non-hydrogen) atoms. The Balaban J connectivity index is 0.000000205. The Morgan fingerprint density at radius 3 is 1.35 bits per heavy atom. The largest absolute Gasteiger partial charge is 0.514 e. The molecule has 4 N–H and O–H groups in total. The zero-order chi connectivity index (χ0) is 65.2. The lowest BCUT2D eigenvalue weighted by atomic mass is 10.0. The normalized spacial score (nSPS) is 17.6. The van der Waals surface area contributed by atoms with Gasteiger partial charge >= 0.3 is 12.2 Å². The van der Waals surface area contributed by atoms with Gasteiger partial charge in [0.15, 0.2) is 12.2 Å². The molecular weight excluding hydrogens is 1230 g/mol. The van der Waals surface area contributed by atoms with Crippen molar-refractivity contribution in [1.29, 1.82) is 0 Å². The number of aliphatic hydroxyl groups excluding tert-OH is 2. The number of benzene rings is 5. The second kappa shape index (κ2) is 36.2. The van der Waals surface area contributed by atoms with Crippen LogP contribution in [-0.2, 0) is 85.3 Å². The lowest BCUT2D eigenvalue weighted by Gasteiger charge is -2.32. The summed E-state index contributed by atoms with van der Waals surface area (Å²) in [6.07, 6.45) is -3.37. The molecule has 4 aliphatic heterocycles. The standard InChI is InChI=1S/C27H36N2O9S.C24H32N2O6S.C11H11NO7/c1-20-7-9-24(10-8-20)39(32,33)29(38-22-11-13-34-14-12-22)16-26(30)25(15-21-5-3-2-4-6-21)28-27(31)37-23-17-35-19-36-18-23;1-18-8-10-22(11-9-18)33(29,30)26(32-21-12-14-31-15-13-21)17-24(28)23(25-19(2)27)16-20-6-4-3-5-7-20;13-11(19-10-5-16-7-17-6-10)18-9-3-1-8(2-4-9)12(14)15/h2-10,22-23,25-26,30H,11-19H2,1H3,(H,28,31);3-11,21,23-24,28H,12-17H2,1-2H3,(H,25,27);1-4,10H,5-7H2/t25-,26+;23-,24+;/m00./s1. The van der Waals surface area contributed by atoms with E-state index in [0.717, 1.165) is 31.2 Å². The Morgan fingerprint density at radius 1 is 0.560 bits per heavy atom. The monoisotopic (exact) mass is 1310 g/mol. The van der Waals surface area contributed by atoms with Gasteiger partial charge in [-0.1, -0.05) is 105 Å². The van der Waals surface area contributed by atoms with Gasteiger partial charge in [0.1, 0.15) is 19.3 Å². The first-order chi connectivity index (χ1) is 43.7. The van der Waals surface area contributed by atoms with Crippen LogP contribution in [0.3, 0.4) is 0 Å². The van der Waals surface area contributed by atoms with Crippen LogP contribution in [0.2, 0.25) is 0 Å². The number of aryl methyl sites for hydroxylation is 2. The molecule has 4 fully saturated rings. The van der Waals surface area contributed by atoms with E-state index in [1.807, 2.05) is 74.5 Å². The molecule has 496 valence electrons. The molecule has 4 atom stereocenters. The molecular formula is C62H79N5O22S2. The van der Waals surface area contributed by atoms with Crippen molar-refractivity contribution in [2.45, 2.75) is 118 Å². The van der Waals surface area contributed by atoms with Crippen LogP contribution in [0.15, 0.2) is 143 Å². The first-order valence-electron chi connectivity index (χ1n) is 29.5. The highest BCUT2D eigenvalue weighted by Gasteiger charge is 2.37. The molecule has 27 nitrogen and oxygen atoms in total. The third kappa shape index (κ3) is 23.8. The molecule has 0 unspecified atom stereocenters. The number of nitrogens with zero attached hydrogens (tertiary/aromatic N) is 3. The summed E-state index contributed by atoms with van der Waals surface area (Å²) in [5.74, 6) is -0.151. The predicted octanol–water partition coefficient (Wildman–Crippen LogP) is 5.86. The smallest absolute Gasteiger partial charge is 0.441 e. The molecule has 2 amide bonds. The van der Waals surface area contributed by atoms with Crippen LogP contribution >= 0.6 is 0 Å². The maximum Gasteiger partial charge on any atom is 0.514 e. The number of amides is 2. The zero-order valence-electron chi connectivity index (χ0n) is 50.8. The minimum absolute atomic E-state index is 0.0386. The van der Waals surface area contributed by atoms with Crippen LogP contribution < -0.4 is 15.4 Å². The van der Waals surface area contributed by atoms with E-state index in [1.165, 1.54) is 55.5 Å². The van der Waals surface area contributed by atoms with Crippen molar-refractivity contribution in [3.05, 3.63) is 166 Å². The van der Waals surface area contributed by atoms with Crippen molar-refractivity contribution in [2.75, 3.05) is 79.5 Å². The third-order valence-electron chi connectivity index (χ3n) is 14.3. The van der Waals surface area contributed by atoms with E-state index in [4.69, 9.17) is 52.3 Å². The second-order valence-corrected chi connectivity index (χ2v) is 25.3. The zero-order valence-corrected chi connectivity index (χ0v) is 52.4. The number of rotatable bonds is 24. The number of alkyl carbamates (subject to hydrolysis) is 1. The van der Waals surface area contributed by atoms with Crippen molar-refractivity contribution < 1.29 is 98.7 Å². The lowest BCUT2D eigenvalue weighted by Crippen LogP contribution is -2.52. The van der Waals surface area contributed by atoms with Crippen molar-refractivity contribution in [3.63, 3.8) is 0 Å². The molecule has 0 radical (unpaired) electrons. The summed E-state index contributed by atoms with van der Waals surface area (Å²) in [5.41, 5.74) is 3.50. The first kappa shape index (κ1) is 71.4. The number of aliphatic hydroxyl groups is 2. The molecule has 9 rings (SSSR count). The SMILES string of the molecule is CC(=O)N[C@@H](Cc1ccccc1)[C@H](O)CN(OC1CCOCC1)S(=O)(=O)c1ccc(C)cc1.Cc1ccc(S(=O)(=O)N(C[C@@H](O)[C@H](Cc2ccccc2)NC(=O)OC2COCOC2)OC2CCOCC2)cc1.O=C(Oc1ccc([N+](=O)[O-])cc1)OC1COCOC1. The van der Waals surface area contributed by atoms with Gasteiger partial charge in [-0.3, -0.25) is 24.6 Å². The van der Waals surface area contributed by atoms with Crippen molar-refractivity contribution in [3.8, 4) is 5.75 Å². The van der Waals surface area contributed by atoms with Crippen LogP contribution in [0.4, 0.5) is 15.3 Å². The topological polar surface area (TPSA) is 335 Å². The van der Waals surface area contributed by atoms with Gasteiger partial charge in [-0.2, -0.15) is 0 Å². The summed E-state index contributed by atoms with van der Waals surface area (Å²) in [6, 6.07) is 35.0. The number of nitrogens with one attached hydrogen (secondary N) is 2. The number of carbonyl (C=O) groups excluding carboxylic acids is 3. The molecule has 4 aliphatic rings.